The van der Waals surface area contributed by atoms with Crippen LogP contribution >= 0.6 is 0 Å². The summed E-state index contributed by atoms with van der Waals surface area (Å²) in [6.07, 6.45) is 1.01. The fraction of sp³-hybridized carbons (Fsp3) is 0.929. The highest BCUT2D eigenvalue weighted by atomic mass is 16.5. The van der Waals surface area contributed by atoms with Crippen LogP contribution in [0.1, 0.15) is 47.5 Å². The molecule has 18 heavy (non-hydrogen) atoms. The van der Waals surface area contributed by atoms with E-state index < -0.39 is 11.5 Å². The molecule has 0 radical (unpaired) electrons. The molecule has 0 saturated heterocycles. The lowest BCUT2D eigenvalue weighted by Gasteiger charge is -2.32. The molecule has 0 aromatic rings. The van der Waals surface area contributed by atoms with Gasteiger partial charge in [0.1, 0.15) is 12.7 Å². The number of hydrogen-bond donors (Lipinski definition) is 1. The number of aliphatic hydroxyl groups is 1. The first kappa shape index (κ1) is 17.4. The molecule has 0 heterocycles. The van der Waals surface area contributed by atoms with Crippen LogP contribution in [-0.4, -0.2) is 37.5 Å². The molecule has 0 aromatic carbocycles. The first-order valence-electron chi connectivity index (χ1n) is 6.49. The second kappa shape index (κ2) is 7.10. The molecule has 0 aliphatic heterocycles. The molecule has 108 valence electrons. The lowest BCUT2D eigenvalue weighted by Crippen LogP contribution is -2.34. The topological polar surface area (TPSA) is 55.8 Å². The van der Waals surface area contributed by atoms with Gasteiger partial charge in [-0.05, 0) is 25.7 Å². The van der Waals surface area contributed by atoms with E-state index in [0.29, 0.717) is 0 Å². The van der Waals surface area contributed by atoms with E-state index in [4.69, 9.17) is 9.47 Å². The molecule has 4 heteroatoms. The van der Waals surface area contributed by atoms with E-state index >= 15 is 0 Å². The summed E-state index contributed by atoms with van der Waals surface area (Å²) in [7, 11) is 1.50. The SMILES string of the molecule is CCC(C)(C)CC(C)(C)C(=O)OCC(O)COC. The molecule has 1 atom stereocenters. The predicted molar refractivity (Wildman–Crippen MR) is 71.3 cm³/mol. The van der Waals surface area contributed by atoms with Crippen LogP contribution in [0.3, 0.4) is 0 Å². The van der Waals surface area contributed by atoms with E-state index in [-0.39, 0.29) is 24.6 Å². The zero-order valence-electron chi connectivity index (χ0n) is 12.6. The first-order valence-corrected chi connectivity index (χ1v) is 6.49. The maximum Gasteiger partial charge on any atom is 0.311 e. The van der Waals surface area contributed by atoms with Crippen molar-refractivity contribution in [3.63, 3.8) is 0 Å². The molecule has 0 aliphatic rings. The average molecular weight is 260 g/mol. The van der Waals surface area contributed by atoms with Gasteiger partial charge >= 0.3 is 5.97 Å². The van der Waals surface area contributed by atoms with Gasteiger partial charge in [0, 0.05) is 7.11 Å². The van der Waals surface area contributed by atoms with Gasteiger partial charge < -0.3 is 14.6 Å². The minimum Gasteiger partial charge on any atom is -0.462 e. The van der Waals surface area contributed by atoms with E-state index in [9.17, 15) is 9.90 Å². The Morgan fingerprint density at radius 3 is 2.22 bits per heavy atom. The third-order valence-corrected chi connectivity index (χ3v) is 3.20. The van der Waals surface area contributed by atoms with Gasteiger partial charge in [-0.3, -0.25) is 4.79 Å². The highest BCUT2D eigenvalue weighted by Crippen LogP contribution is 2.36. The van der Waals surface area contributed by atoms with Gasteiger partial charge in [0.05, 0.1) is 12.0 Å². The molecule has 0 fully saturated rings. The molecular weight excluding hydrogens is 232 g/mol. The molecule has 1 N–H and O–H groups in total. The van der Waals surface area contributed by atoms with Crippen LogP contribution in [0.5, 0.6) is 0 Å². The van der Waals surface area contributed by atoms with Crippen molar-refractivity contribution in [3.05, 3.63) is 0 Å². The third kappa shape index (κ3) is 6.36. The Bertz CT molecular complexity index is 259. The van der Waals surface area contributed by atoms with E-state index in [2.05, 4.69) is 20.8 Å². The number of ether oxygens (including phenoxy) is 2. The minimum absolute atomic E-state index is 0.0113. The largest absolute Gasteiger partial charge is 0.462 e. The monoisotopic (exact) mass is 260 g/mol. The van der Waals surface area contributed by atoms with Crippen molar-refractivity contribution in [2.45, 2.75) is 53.6 Å². The van der Waals surface area contributed by atoms with Gasteiger partial charge in [-0.1, -0.05) is 27.2 Å². The second-order valence-electron chi connectivity index (χ2n) is 6.29. The lowest BCUT2D eigenvalue weighted by atomic mass is 9.74. The van der Waals surface area contributed by atoms with Crippen molar-refractivity contribution in [3.8, 4) is 0 Å². The Labute approximate surface area is 111 Å². The van der Waals surface area contributed by atoms with Crippen molar-refractivity contribution in [2.24, 2.45) is 10.8 Å². The first-order chi connectivity index (χ1) is 8.14. The molecule has 0 spiro atoms. The summed E-state index contributed by atoms with van der Waals surface area (Å²) in [5.41, 5.74) is -0.431. The Morgan fingerprint density at radius 2 is 1.78 bits per heavy atom. The van der Waals surface area contributed by atoms with Crippen LogP contribution in [0.4, 0.5) is 0 Å². The summed E-state index contributed by atoms with van der Waals surface area (Å²) in [5, 5.41) is 9.44. The second-order valence-corrected chi connectivity index (χ2v) is 6.29. The predicted octanol–water partition coefficient (Wildman–Crippen LogP) is 2.39. The zero-order valence-corrected chi connectivity index (χ0v) is 12.6. The number of aliphatic hydroxyl groups excluding tert-OH is 1. The Balaban J connectivity index is 4.30. The normalized spacial score (nSPS) is 14.4. The number of rotatable bonds is 8. The molecule has 0 saturated carbocycles. The van der Waals surface area contributed by atoms with Crippen LogP contribution in [0, 0.1) is 10.8 Å². The third-order valence-electron chi connectivity index (χ3n) is 3.20. The molecule has 0 aromatic heterocycles. The van der Waals surface area contributed by atoms with Gasteiger partial charge in [0.15, 0.2) is 0 Å². The van der Waals surface area contributed by atoms with Crippen molar-refractivity contribution >= 4 is 5.97 Å². The van der Waals surface area contributed by atoms with Crippen LogP contribution in [-0.2, 0) is 14.3 Å². The molecule has 0 bridgehead atoms. The highest BCUT2D eigenvalue weighted by Gasteiger charge is 2.35. The fourth-order valence-corrected chi connectivity index (χ4v) is 2.00. The van der Waals surface area contributed by atoms with E-state index in [0.717, 1.165) is 12.8 Å². The maximum absolute atomic E-state index is 12.0. The molecule has 0 rings (SSSR count). The molecular formula is C14H28O4. The molecule has 0 amide bonds. The summed E-state index contributed by atoms with van der Waals surface area (Å²) >= 11 is 0. The number of carbonyl (C=O) groups is 1. The van der Waals surface area contributed by atoms with Gasteiger partial charge in [0.25, 0.3) is 0 Å². The van der Waals surface area contributed by atoms with Gasteiger partial charge in [-0.25, -0.2) is 0 Å². The number of hydrogen-bond acceptors (Lipinski definition) is 4. The van der Waals surface area contributed by atoms with Gasteiger partial charge in [-0.15, -0.1) is 0 Å². The summed E-state index contributed by atoms with van der Waals surface area (Å²) < 4.78 is 9.92. The van der Waals surface area contributed by atoms with Crippen molar-refractivity contribution in [1.29, 1.82) is 0 Å². The van der Waals surface area contributed by atoms with Crippen molar-refractivity contribution in [1.82, 2.24) is 0 Å². The van der Waals surface area contributed by atoms with E-state index in [1.807, 2.05) is 13.8 Å². The lowest BCUT2D eigenvalue weighted by molar-refractivity contribution is -0.159. The summed E-state index contributed by atoms with van der Waals surface area (Å²) in [6.45, 7) is 10.3. The summed E-state index contributed by atoms with van der Waals surface area (Å²) in [5.74, 6) is -0.265. The number of carbonyl (C=O) groups excluding carboxylic acids is 1. The standard InChI is InChI=1S/C14H28O4/c1-7-13(2,3)10-14(4,5)12(16)18-9-11(15)8-17-6/h11,15H,7-10H2,1-6H3. The zero-order chi connectivity index (χ0) is 14.4. The summed E-state index contributed by atoms with van der Waals surface area (Å²) in [4.78, 5) is 12.0. The maximum atomic E-state index is 12.0. The molecule has 1 unspecified atom stereocenters. The van der Waals surface area contributed by atoms with Crippen LogP contribution in [0.15, 0.2) is 0 Å². The summed E-state index contributed by atoms with van der Waals surface area (Å²) in [6, 6.07) is 0. The number of esters is 1. The Morgan fingerprint density at radius 1 is 1.22 bits per heavy atom. The Kier molecular flexibility index (Phi) is 6.86. The van der Waals surface area contributed by atoms with E-state index in [1.165, 1.54) is 7.11 Å². The molecule has 0 aliphatic carbocycles. The van der Waals surface area contributed by atoms with Crippen molar-refractivity contribution in [2.75, 3.05) is 20.3 Å². The molecule has 4 nitrogen and oxygen atoms in total. The highest BCUT2D eigenvalue weighted by molar-refractivity contribution is 5.76. The smallest absolute Gasteiger partial charge is 0.311 e. The van der Waals surface area contributed by atoms with E-state index in [1.54, 1.807) is 0 Å². The number of methoxy groups -OCH3 is 1. The van der Waals surface area contributed by atoms with Gasteiger partial charge in [-0.2, -0.15) is 0 Å². The Hall–Kier alpha value is -0.610. The van der Waals surface area contributed by atoms with Crippen LogP contribution in [0.25, 0.3) is 0 Å². The quantitative estimate of drug-likeness (QED) is 0.681. The minimum atomic E-state index is -0.756. The fourth-order valence-electron chi connectivity index (χ4n) is 2.00. The average Bonchev–Trinajstić information content (AvgIpc) is 2.25. The van der Waals surface area contributed by atoms with Crippen molar-refractivity contribution < 1.29 is 19.4 Å². The van der Waals surface area contributed by atoms with Gasteiger partial charge in [0.2, 0.25) is 0 Å². The van der Waals surface area contributed by atoms with Crippen LogP contribution in [0.2, 0.25) is 0 Å². The van der Waals surface area contributed by atoms with Crippen LogP contribution < -0.4 is 0 Å².